The van der Waals surface area contributed by atoms with Crippen molar-refractivity contribution in [3.8, 4) is 33.0 Å². The van der Waals surface area contributed by atoms with E-state index in [0.29, 0.717) is 16.4 Å². The quantitative estimate of drug-likeness (QED) is 0.404. The lowest BCUT2D eigenvalue weighted by Gasteiger charge is -2.08. The Balaban J connectivity index is 1.63. The van der Waals surface area contributed by atoms with Gasteiger partial charge in [0.1, 0.15) is 10.5 Å². The van der Waals surface area contributed by atoms with Gasteiger partial charge in [-0.3, -0.25) is 5.10 Å². The molecule has 0 radical (unpaired) electrons. The largest absolute Gasteiger partial charge is 0.326 e. The lowest BCUT2D eigenvalue weighted by atomic mass is 9.99. The predicted molar refractivity (Wildman–Crippen MR) is 127 cm³/mol. The number of thiophene rings is 1. The van der Waals surface area contributed by atoms with E-state index >= 15 is 0 Å². The van der Waals surface area contributed by atoms with Crippen LogP contribution in [0.15, 0.2) is 71.3 Å². The van der Waals surface area contributed by atoms with E-state index in [1.807, 2.05) is 48.7 Å². The molecule has 3 N–H and O–H groups in total. The second-order valence-corrected chi connectivity index (χ2v) is 10.7. The van der Waals surface area contributed by atoms with Crippen LogP contribution >= 0.6 is 11.3 Å². The molecule has 0 amide bonds. The summed E-state index contributed by atoms with van der Waals surface area (Å²) in [7, 11) is -3.27. The highest BCUT2D eigenvalue weighted by atomic mass is 32.2. The first-order chi connectivity index (χ1) is 15.4. The van der Waals surface area contributed by atoms with Gasteiger partial charge in [-0.1, -0.05) is 30.3 Å². The first-order valence-electron chi connectivity index (χ1n) is 9.82. The number of H-pyrrole nitrogens is 1. The molecule has 5 aromatic rings. The fraction of sp³-hybridized carbons (Fsp3) is 0.0870. The summed E-state index contributed by atoms with van der Waals surface area (Å²) < 4.78 is 24.2. The monoisotopic (exact) mass is 461 g/mol. The van der Waals surface area contributed by atoms with Crippen LogP contribution in [-0.2, 0) is 16.4 Å². The number of aromatic amines is 1. The third kappa shape index (κ3) is 3.70. The summed E-state index contributed by atoms with van der Waals surface area (Å²) in [5.74, 6) is 0. The smallest absolute Gasteiger partial charge is 0.184 e. The molecule has 5 rings (SSSR count). The molecule has 0 aliphatic rings. The third-order valence-corrected chi connectivity index (χ3v) is 8.14. The Hall–Kier alpha value is -3.40. The van der Waals surface area contributed by atoms with Crippen LogP contribution in [0.3, 0.4) is 0 Å². The molecule has 3 heterocycles. The number of aromatic nitrogens is 4. The van der Waals surface area contributed by atoms with Gasteiger partial charge in [0.05, 0.1) is 21.8 Å². The van der Waals surface area contributed by atoms with Crippen LogP contribution < -0.4 is 5.73 Å². The molecule has 3 aromatic heterocycles. The van der Waals surface area contributed by atoms with Crippen molar-refractivity contribution in [3.05, 3.63) is 72.7 Å². The van der Waals surface area contributed by atoms with E-state index in [1.54, 1.807) is 12.1 Å². The van der Waals surface area contributed by atoms with Crippen molar-refractivity contribution >= 4 is 32.1 Å². The number of sulfone groups is 1. The molecule has 0 bridgehead atoms. The van der Waals surface area contributed by atoms with Crippen molar-refractivity contribution in [2.24, 2.45) is 5.73 Å². The van der Waals surface area contributed by atoms with E-state index in [2.05, 4.69) is 20.2 Å². The Morgan fingerprint density at radius 3 is 2.47 bits per heavy atom. The summed E-state index contributed by atoms with van der Waals surface area (Å²) in [5.41, 5.74) is 12.0. The minimum Gasteiger partial charge on any atom is -0.326 e. The van der Waals surface area contributed by atoms with Gasteiger partial charge < -0.3 is 5.73 Å². The molecule has 0 fully saturated rings. The number of nitrogens with one attached hydrogen (secondary N) is 1. The highest BCUT2D eigenvalue weighted by Gasteiger charge is 2.16. The molecule has 7 nitrogen and oxygen atoms in total. The summed E-state index contributed by atoms with van der Waals surface area (Å²) >= 11 is 1.21. The number of nitrogens with zero attached hydrogens (tertiary/aromatic N) is 3. The Bertz CT molecular complexity index is 1540. The normalized spacial score (nSPS) is 11.8. The minimum atomic E-state index is -3.27. The van der Waals surface area contributed by atoms with E-state index < -0.39 is 9.84 Å². The van der Waals surface area contributed by atoms with Crippen LogP contribution in [0.25, 0.3) is 43.9 Å². The Kier molecular flexibility index (Phi) is 5.09. The van der Waals surface area contributed by atoms with E-state index in [1.165, 1.54) is 23.9 Å². The summed E-state index contributed by atoms with van der Waals surface area (Å²) in [5, 5.41) is 8.27. The second-order valence-electron chi connectivity index (χ2n) is 7.39. The van der Waals surface area contributed by atoms with Crippen LogP contribution in [0, 0.1) is 0 Å². The first-order valence-corrected chi connectivity index (χ1v) is 12.5. The van der Waals surface area contributed by atoms with Crippen LogP contribution in [0.2, 0.25) is 0 Å². The van der Waals surface area contributed by atoms with E-state index in [0.717, 1.165) is 43.7 Å². The zero-order chi connectivity index (χ0) is 22.3. The third-order valence-electron chi connectivity index (χ3n) is 5.23. The molecule has 160 valence electrons. The summed E-state index contributed by atoms with van der Waals surface area (Å²) in [6.07, 6.45) is 4.57. The number of benzene rings is 2. The van der Waals surface area contributed by atoms with Crippen LogP contribution in [0.4, 0.5) is 0 Å². The summed E-state index contributed by atoms with van der Waals surface area (Å²) in [4.78, 5) is 9.63. The lowest BCUT2D eigenvalue weighted by Crippen LogP contribution is -1.95. The highest BCUT2D eigenvalue weighted by Crippen LogP contribution is 2.36. The molecule has 32 heavy (non-hydrogen) atoms. The number of hydrogen-bond donors (Lipinski definition) is 2. The average molecular weight is 462 g/mol. The molecule has 0 aliphatic carbocycles. The molecule has 0 atom stereocenters. The van der Waals surface area contributed by atoms with Crippen LogP contribution in [-0.4, -0.2) is 34.8 Å². The minimum absolute atomic E-state index is 0.313. The SMILES string of the molecule is CS(=O)(=O)c1ccc(-c2ncnc3ccc(-c4c[nH]nc4-c4ccc(CN)cc4)cc23)s1. The Morgan fingerprint density at radius 2 is 1.75 bits per heavy atom. The van der Waals surface area contributed by atoms with Crippen LogP contribution in [0.5, 0.6) is 0 Å². The van der Waals surface area contributed by atoms with Crippen molar-refractivity contribution in [2.75, 3.05) is 6.26 Å². The van der Waals surface area contributed by atoms with Gasteiger partial charge >= 0.3 is 0 Å². The molecule has 0 saturated heterocycles. The zero-order valence-corrected chi connectivity index (χ0v) is 18.7. The van der Waals surface area contributed by atoms with Crippen molar-refractivity contribution < 1.29 is 8.42 Å². The van der Waals surface area contributed by atoms with Crippen molar-refractivity contribution in [1.29, 1.82) is 0 Å². The van der Waals surface area contributed by atoms with Gasteiger partial charge in [-0.25, -0.2) is 18.4 Å². The molecule has 0 spiro atoms. The van der Waals surface area contributed by atoms with Gasteiger partial charge in [-0.2, -0.15) is 5.10 Å². The fourth-order valence-electron chi connectivity index (χ4n) is 3.60. The summed E-state index contributed by atoms with van der Waals surface area (Å²) in [6, 6.07) is 17.4. The van der Waals surface area contributed by atoms with Crippen molar-refractivity contribution in [2.45, 2.75) is 10.8 Å². The predicted octanol–water partition coefficient (Wildman–Crippen LogP) is 4.28. The maximum atomic E-state index is 11.9. The first kappa shape index (κ1) is 20.5. The van der Waals surface area contributed by atoms with Gasteiger partial charge in [0.15, 0.2) is 9.84 Å². The lowest BCUT2D eigenvalue weighted by molar-refractivity contribution is 0.604. The zero-order valence-electron chi connectivity index (χ0n) is 17.1. The maximum Gasteiger partial charge on any atom is 0.184 e. The molecule has 9 heteroatoms. The van der Waals surface area contributed by atoms with E-state index in [9.17, 15) is 8.42 Å². The standard InChI is InChI=1S/C23H19N5O2S2/c1-32(29,30)21-9-8-20(31-21)23-17-10-16(6-7-19(17)25-13-26-23)18-12-27-28-22(18)15-4-2-14(11-24)3-5-15/h2-10,12-13H,11,24H2,1H3,(H,27,28). The highest BCUT2D eigenvalue weighted by molar-refractivity contribution is 7.92. The van der Waals surface area contributed by atoms with Crippen molar-refractivity contribution in [3.63, 3.8) is 0 Å². The van der Waals surface area contributed by atoms with E-state index in [4.69, 9.17) is 5.73 Å². The van der Waals surface area contributed by atoms with Crippen LogP contribution in [0.1, 0.15) is 5.56 Å². The molecule has 0 aliphatic heterocycles. The Labute approximate surface area is 188 Å². The second kappa shape index (κ2) is 7.94. The van der Waals surface area contributed by atoms with Gasteiger partial charge in [0, 0.05) is 35.5 Å². The van der Waals surface area contributed by atoms with Crippen molar-refractivity contribution in [1.82, 2.24) is 20.2 Å². The number of fused-ring (bicyclic) bond motifs is 1. The Morgan fingerprint density at radius 1 is 0.969 bits per heavy atom. The maximum absolute atomic E-state index is 11.9. The number of hydrogen-bond acceptors (Lipinski definition) is 7. The van der Waals surface area contributed by atoms with Gasteiger partial charge in [0.2, 0.25) is 0 Å². The number of nitrogens with two attached hydrogens (primary N) is 1. The molecule has 0 unspecified atom stereocenters. The fourth-order valence-corrected chi connectivity index (χ4v) is 5.53. The average Bonchev–Trinajstić information content (AvgIpc) is 3.48. The van der Waals surface area contributed by atoms with E-state index in [-0.39, 0.29) is 0 Å². The summed E-state index contributed by atoms with van der Waals surface area (Å²) in [6.45, 7) is 0.491. The molecule has 0 saturated carbocycles. The molecule has 2 aromatic carbocycles. The molecular weight excluding hydrogens is 442 g/mol. The van der Waals surface area contributed by atoms with Gasteiger partial charge in [-0.15, -0.1) is 11.3 Å². The van der Waals surface area contributed by atoms with Gasteiger partial charge in [0.25, 0.3) is 0 Å². The molecular formula is C23H19N5O2S2. The number of rotatable bonds is 5. The topological polar surface area (TPSA) is 115 Å². The van der Waals surface area contributed by atoms with Gasteiger partial charge in [-0.05, 0) is 35.4 Å².